The lowest BCUT2D eigenvalue weighted by atomic mass is 9.90. The Bertz CT molecular complexity index is 3530. The highest BCUT2D eigenvalue weighted by Crippen LogP contribution is 2.42. The zero-order chi connectivity index (χ0) is 61.5. The molecule has 5 aliphatic rings. The number of H-pyrrole nitrogens is 1. The predicted octanol–water partition coefficient (Wildman–Crippen LogP) is 15.4. The number of amidine groups is 4. The predicted molar refractivity (Wildman–Crippen MR) is 357 cm³/mol. The van der Waals surface area contributed by atoms with Crippen LogP contribution in [-0.2, 0) is 48.4 Å². The Kier molecular flexibility index (Phi) is 25.4. The molecule has 0 unspecified atom stereocenters. The van der Waals surface area contributed by atoms with E-state index in [1.807, 2.05) is 30.7 Å². The monoisotopic (exact) mass is 1190 g/mol. The van der Waals surface area contributed by atoms with Crippen molar-refractivity contribution >= 4 is 57.7 Å². The van der Waals surface area contributed by atoms with Gasteiger partial charge in [-0.05, 0) is 79.7 Å². The fourth-order valence-corrected chi connectivity index (χ4v) is 13.4. The summed E-state index contributed by atoms with van der Waals surface area (Å²) in [6, 6.07) is 13.1. The average Bonchev–Trinajstić information content (AvgIpc) is 2.05. The number of fused-ring (bicyclic) bond motifs is 18. The summed E-state index contributed by atoms with van der Waals surface area (Å²) in [5.41, 5.74) is 11.0. The number of aromatic nitrogens is 4. The normalized spacial score (nSPS) is 13.3. The molecule has 470 valence electrons. The van der Waals surface area contributed by atoms with Crippen LogP contribution in [0.4, 0.5) is 11.6 Å². The molecule has 5 aliphatic heterocycles. The maximum Gasteiger partial charge on any atom is 0.370 e. The Morgan fingerprint density at radius 3 is 1.40 bits per heavy atom. The number of pyridine rings is 2. The molecule has 0 saturated carbocycles. The molecular formula is C74H102N10O4+2. The molecule has 0 fully saturated rings. The molecule has 88 heavy (non-hydrogen) atoms. The molecule has 4 N–H and O–H groups in total. The van der Waals surface area contributed by atoms with Gasteiger partial charge >= 0.3 is 11.9 Å². The minimum atomic E-state index is -0.945. The van der Waals surface area contributed by atoms with Crippen LogP contribution >= 0.6 is 0 Å². The van der Waals surface area contributed by atoms with E-state index in [0.29, 0.717) is 51.5 Å². The molecule has 14 heteroatoms. The Labute approximate surface area is 523 Å². The largest absolute Gasteiger partial charge is 0.480 e. The maximum absolute atomic E-state index is 12.3. The number of nitrogens with zero attached hydrogens (tertiary/aromatic N) is 8. The minimum absolute atomic E-state index is 0.214. The number of aromatic amines is 1. The van der Waals surface area contributed by atoms with Gasteiger partial charge in [0, 0.05) is 45.9 Å². The van der Waals surface area contributed by atoms with Crippen molar-refractivity contribution in [3.05, 3.63) is 117 Å². The zero-order valence-electron chi connectivity index (χ0n) is 53.9. The second-order valence-electron chi connectivity index (χ2n) is 25.5. The van der Waals surface area contributed by atoms with Crippen LogP contribution < -0.4 is 20.5 Å². The molecule has 9 rings (SSSR count). The van der Waals surface area contributed by atoms with Gasteiger partial charge in [0.15, 0.2) is 29.9 Å². The van der Waals surface area contributed by atoms with E-state index in [1.165, 1.54) is 176 Å². The highest BCUT2D eigenvalue weighted by Gasteiger charge is 2.36. The van der Waals surface area contributed by atoms with Crippen molar-refractivity contribution in [3.63, 3.8) is 0 Å². The van der Waals surface area contributed by atoms with E-state index in [1.54, 1.807) is 15.3 Å². The van der Waals surface area contributed by atoms with Gasteiger partial charge in [-0.2, -0.15) is 9.56 Å². The topological polar surface area (TPSA) is 188 Å². The van der Waals surface area contributed by atoms with Crippen molar-refractivity contribution in [3.8, 4) is 11.1 Å². The first-order valence-electron chi connectivity index (χ1n) is 34.8. The van der Waals surface area contributed by atoms with E-state index in [0.717, 1.165) is 116 Å². The first-order valence-corrected chi connectivity index (χ1v) is 34.8. The number of carboxylic acids is 2. The number of unbranched alkanes of at least 4 members (excludes halogenated alkanes) is 28. The van der Waals surface area contributed by atoms with Crippen molar-refractivity contribution in [2.24, 2.45) is 25.0 Å². The van der Waals surface area contributed by atoms with Crippen LogP contribution in [0, 0.1) is 0 Å². The van der Waals surface area contributed by atoms with E-state index >= 15 is 0 Å². The molecule has 2 aromatic heterocycles. The van der Waals surface area contributed by atoms with Crippen LogP contribution in [0.5, 0.6) is 0 Å². The first-order chi connectivity index (χ1) is 43.2. The fourth-order valence-electron chi connectivity index (χ4n) is 13.4. The van der Waals surface area contributed by atoms with Gasteiger partial charge in [0.25, 0.3) is 11.7 Å². The van der Waals surface area contributed by atoms with Crippen LogP contribution in [0.1, 0.15) is 278 Å². The van der Waals surface area contributed by atoms with Gasteiger partial charge in [-0.3, -0.25) is 4.79 Å². The smallest absolute Gasteiger partial charge is 0.370 e. The second-order valence-corrected chi connectivity index (χ2v) is 25.5. The number of nitrogens with one attached hydrogen (secondary N) is 2. The first kappa shape index (κ1) is 65.5. The Morgan fingerprint density at radius 2 is 0.909 bits per heavy atom. The number of rotatable bonds is 40. The quantitative estimate of drug-likeness (QED) is 0.0220. The lowest BCUT2D eigenvalue weighted by molar-refractivity contribution is -0.685. The number of hydrogen-bond acceptors (Lipinski definition) is 8. The molecule has 0 spiro atoms. The number of carboxylic acid groups (broad SMARTS) is 2. The number of hydrogen-bond donors (Lipinski definition) is 4. The third-order valence-electron chi connectivity index (χ3n) is 18.3. The van der Waals surface area contributed by atoms with Crippen LogP contribution in [0.3, 0.4) is 0 Å². The molecule has 0 amide bonds. The summed E-state index contributed by atoms with van der Waals surface area (Å²) in [7, 11) is 0. The van der Waals surface area contributed by atoms with Crippen LogP contribution in [0.25, 0.3) is 21.9 Å². The van der Waals surface area contributed by atoms with Gasteiger partial charge in [0.1, 0.15) is 17.6 Å². The third-order valence-corrected chi connectivity index (χ3v) is 18.3. The van der Waals surface area contributed by atoms with E-state index in [4.69, 9.17) is 29.9 Å². The van der Waals surface area contributed by atoms with Crippen LogP contribution in [-0.4, -0.2) is 60.0 Å². The summed E-state index contributed by atoms with van der Waals surface area (Å²) in [5, 5.41) is 22.3. The third kappa shape index (κ3) is 17.7. The van der Waals surface area contributed by atoms with Crippen LogP contribution in [0.2, 0.25) is 0 Å². The highest BCUT2D eigenvalue weighted by molar-refractivity contribution is 6.27. The number of benzene rings is 2. The summed E-state index contributed by atoms with van der Waals surface area (Å²) in [4.78, 5) is 65.3. The molecule has 0 aliphatic carbocycles. The standard InChI is InChI=1S/C74H100N10O4/c1-5-9-13-17-21-25-29-33-37-53-41-43-55(39-35-31-27-23-19-15-11-7-3)65-63(53)71-77-67-57-45-47-83(51-61(85)86)49-59(57)70(75-67)80-74-66-56(40-36-32-28-24-20-16-12-8-4)44-42-54(38-34-30-26-22-18-14-10-6-2)64(66)72(82-74)78-68-58-46-48-84(52-62(87)88)50-60(58)69(76-68)79-73(65)81-71/h41-50H,5-40,51-52H2,1-4H3,(H2-,75,76,77,78,79,80,81,82,85,86,87,88)/p+2. The lowest BCUT2D eigenvalue weighted by Gasteiger charge is -2.13. The Balaban J connectivity index is 1.24. The average molecular weight is 1200 g/mol. The fraction of sp³-hybridized carbons (Fsp3) is 0.568. The molecular weight excluding hydrogens is 1090 g/mol. The number of aliphatic imine (C=N–C) groups is 3. The minimum Gasteiger partial charge on any atom is -0.480 e. The second kappa shape index (κ2) is 34.1. The van der Waals surface area contributed by atoms with E-state index in [9.17, 15) is 19.8 Å². The van der Waals surface area contributed by atoms with E-state index < -0.39 is 11.9 Å². The van der Waals surface area contributed by atoms with E-state index in [-0.39, 0.29) is 13.1 Å². The van der Waals surface area contributed by atoms with Gasteiger partial charge in [-0.1, -0.05) is 242 Å². The van der Waals surface area contributed by atoms with Crippen molar-refractivity contribution in [2.45, 2.75) is 272 Å². The van der Waals surface area contributed by atoms with Crippen LogP contribution in [0.15, 0.2) is 86.1 Å². The highest BCUT2D eigenvalue weighted by atomic mass is 16.4. The SMILES string of the molecule is CCCCCCCCCCc1ccc(CCCCCCCCCC)c2c1C1=NC2=Nc2nc(c3ccn(CC(=O)O)cc2-3)N=c2[nH]c(c3c(CCCCCCCCCC)ccc(CCCCCCCCCC)c23)=NC2=[NH+]C(=N1)c1cc[n+](CC(=O)O)cc12. The summed E-state index contributed by atoms with van der Waals surface area (Å²) in [6.07, 6.45) is 49.7. The lowest BCUT2D eigenvalue weighted by Crippen LogP contribution is -2.74. The van der Waals surface area contributed by atoms with Gasteiger partial charge in [-0.25, -0.2) is 24.8 Å². The molecule has 2 aromatic carbocycles. The maximum atomic E-state index is 12.3. The van der Waals surface area contributed by atoms with Gasteiger partial charge in [0.2, 0.25) is 17.9 Å². The van der Waals surface area contributed by atoms with E-state index in [2.05, 4.69) is 61.9 Å². The van der Waals surface area contributed by atoms with Gasteiger partial charge < -0.3 is 19.8 Å². The molecule has 14 nitrogen and oxygen atoms in total. The molecule has 7 heterocycles. The summed E-state index contributed by atoms with van der Waals surface area (Å²) in [5.74, 6) is 1.22. The Morgan fingerprint density at radius 1 is 0.466 bits per heavy atom. The number of aryl methyl sites for hydroxylation is 4. The number of aliphatic carboxylic acids is 2. The summed E-state index contributed by atoms with van der Waals surface area (Å²) >= 11 is 0. The molecule has 8 bridgehead atoms. The molecule has 0 radical (unpaired) electrons. The van der Waals surface area contributed by atoms with Gasteiger partial charge in [-0.15, -0.1) is 0 Å². The van der Waals surface area contributed by atoms with Crippen molar-refractivity contribution in [1.29, 1.82) is 0 Å². The van der Waals surface area contributed by atoms with Crippen molar-refractivity contribution < 1.29 is 29.4 Å². The van der Waals surface area contributed by atoms with Crippen molar-refractivity contribution in [1.82, 2.24) is 14.5 Å². The Hall–Kier alpha value is -6.96. The van der Waals surface area contributed by atoms with Gasteiger partial charge in [0.05, 0.1) is 11.1 Å². The summed E-state index contributed by atoms with van der Waals surface area (Å²) < 4.78 is 3.38. The molecule has 0 atom stereocenters. The summed E-state index contributed by atoms with van der Waals surface area (Å²) in [6.45, 7) is 8.63. The number of carbonyl (C=O) groups is 2. The van der Waals surface area contributed by atoms with Crippen molar-refractivity contribution in [2.75, 3.05) is 0 Å². The molecule has 4 aromatic rings. The zero-order valence-corrected chi connectivity index (χ0v) is 53.9. The molecule has 0 saturated heterocycles.